The summed E-state index contributed by atoms with van der Waals surface area (Å²) in [6, 6.07) is 3.64. The molecule has 0 atom stereocenters. The summed E-state index contributed by atoms with van der Waals surface area (Å²) in [6.07, 6.45) is 3.65. The molecule has 0 saturated heterocycles. The fraction of sp³-hybridized carbons (Fsp3) is 0.455. The standard InChI is InChI=1S/C11H15NOS/c1-11(2,3)9(13)8-6-5-7-12-10(8)14-4/h5-7H,1-4H3. The van der Waals surface area contributed by atoms with Gasteiger partial charge < -0.3 is 0 Å². The van der Waals surface area contributed by atoms with Crippen molar-refractivity contribution in [2.24, 2.45) is 5.41 Å². The van der Waals surface area contributed by atoms with Gasteiger partial charge in [0.2, 0.25) is 0 Å². The van der Waals surface area contributed by atoms with E-state index in [-0.39, 0.29) is 11.2 Å². The van der Waals surface area contributed by atoms with Crippen molar-refractivity contribution in [3.8, 4) is 0 Å². The first-order valence-corrected chi connectivity index (χ1v) is 5.73. The lowest BCUT2D eigenvalue weighted by Gasteiger charge is -2.17. The Bertz CT molecular complexity index is 341. The van der Waals surface area contributed by atoms with Crippen LogP contribution in [0.4, 0.5) is 0 Å². The van der Waals surface area contributed by atoms with Crippen LogP contribution in [0.5, 0.6) is 0 Å². The number of Topliss-reactive ketones (excluding diaryl/α,β-unsaturated/α-hetero) is 1. The summed E-state index contributed by atoms with van der Waals surface area (Å²) in [5.74, 6) is 0.148. The summed E-state index contributed by atoms with van der Waals surface area (Å²) in [6.45, 7) is 5.77. The average molecular weight is 209 g/mol. The highest BCUT2D eigenvalue weighted by Crippen LogP contribution is 2.25. The van der Waals surface area contributed by atoms with Crippen LogP contribution in [-0.4, -0.2) is 17.0 Å². The van der Waals surface area contributed by atoms with E-state index in [4.69, 9.17) is 0 Å². The number of pyridine rings is 1. The average Bonchev–Trinajstić information content (AvgIpc) is 2.15. The van der Waals surface area contributed by atoms with Crippen LogP contribution in [0, 0.1) is 5.41 Å². The van der Waals surface area contributed by atoms with Gasteiger partial charge in [-0.2, -0.15) is 0 Å². The van der Waals surface area contributed by atoms with E-state index < -0.39 is 0 Å². The molecule has 0 aliphatic carbocycles. The minimum atomic E-state index is -0.340. The predicted molar refractivity (Wildman–Crippen MR) is 59.8 cm³/mol. The van der Waals surface area contributed by atoms with E-state index in [0.29, 0.717) is 0 Å². The second-order valence-corrected chi connectivity index (χ2v) is 4.93. The summed E-state index contributed by atoms with van der Waals surface area (Å²) < 4.78 is 0. The molecule has 2 nitrogen and oxygen atoms in total. The van der Waals surface area contributed by atoms with Crippen molar-refractivity contribution in [2.45, 2.75) is 25.8 Å². The normalized spacial score (nSPS) is 11.4. The predicted octanol–water partition coefficient (Wildman–Crippen LogP) is 3.03. The second kappa shape index (κ2) is 4.13. The van der Waals surface area contributed by atoms with Crippen LogP contribution in [-0.2, 0) is 0 Å². The number of thioether (sulfide) groups is 1. The molecular formula is C11H15NOS. The zero-order valence-corrected chi connectivity index (χ0v) is 9.81. The number of rotatable bonds is 2. The number of hydrogen-bond acceptors (Lipinski definition) is 3. The van der Waals surface area contributed by atoms with Gasteiger partial charge in [-0.25, -0.2) is 4.98 Å². The topological polar surface area (TPSA) is 30.0 Å². The summed E-state index contributed by atoms with van der Waals surface area (Å²) >= 11 is 1.51. The van der Waals surface area contributed by atoms with E-state index in [1.165, 1.54) is 11.8 Å². The van der Waals surface area contributed by atoms with Crippen molar-refractivity contribution < 1.29 is 4.79 Å². The molecule has 0 spiro atoms. The van der Waals surface area contributed by atoms with Crippen LogP contribution in [0.2, 0.25) is 0 Å². The number of aromatic nitrogens is 1. The number of ketones is 1. The van der Waals surface area contributed by atoms with Crippen molar-refractivity contribution in [1.82, 2.24) is 4.98 Å². The third kappa shape index (κ3) is 2.35. The Morgan fingerprint density at radius 3 is 2.57 bits per heavy atom. The van der Waals surface area contributed by atoms with E-state index in [1.54, 1.807) is 12.3 Å². The monoisotopic (exact) mass is 209 g/mol. The molecule has 0 saturated carbocycles. The Hall–Kier alpha value is -0.830. The number of carbonyl (C=O) groups excluding carboxylic acids is 1. The highest BCUT2D eigenvalue weighted by Gasteiger charge is 2.25. The van der Waals surface area contributed by atoms with E-state index in [1.807, 2.05) is 33.1 Å². The van der Waals surface area contributed by atoms with Crippen LogP contribution in [0.3, 0.4) is 0 Å². The lowest BCUT2D eigenvalue weighted by atomic mass is 9.87. The Balaban J connectivity index is 3.13. The highest BCUT2D eigenvalue weighted by molar-refractivity contribution is 7.98. The first-order chi connectivity index (χ1) is 6.46. The molecule has 76 valence electrons. The van der Waals surface area contributed by atoms with Crippen LogP contribution in [0.25, 0.3) is 0 Å². The number of carbonyl (C=O) groups is 1. The Morgan fingerprint density at radius 1 is 1.43 bits per heavy atom. The van der Waals surface area contributed by atoms with Gasteiger partial charge in [0.15, 0.2) is 5.78 Å². The zero-order valence-electron chi connectivity index (χ0n) is 9.00. The SMILES string of the molecule is CSc1ncccc1C(=O)C(C)(C)C. The number of hydrogen-bond donors (Lipinski definition) is 0. The maximum Gasteiger partial charge on any atom is 0.170 e. The molecule has 0 unspecified atom stereocenters. The minimum absolute atomic E-state index is 0.148. The van der Waals surface area contributed by atoms with E-state index in [2.05, 4.69) is 4.98 Å². The fourth-order valence-corrected chi connectivity index (χ4v) is 1.68. The van der Waals surface area contributed by atoms with Crippen LogP contribution in [0.15, 0.2) is 23.4 Å². The van der Waals surface area contributed by atoms with Crippen LogP contribution >= 0.6 is 11.8 Å². The van der Waals surface area contributed by atoms with Gasteiger partial charge in [-0.15, -0.1) is 11.8 Å². The Labute approximate surface area is 89.1 Å². The molecule has 0 aliphatic heterocycles. The van der Waals surface area contributed by atoms with Crippen molar-refractivity contribution >= 4 is 17.5 Å². The summed E-state index contributed by atoms with van der Waals surface area (Å²) in [5, 5.41) is 0.812. The summed E-state index contributed by atoms with van der Waals surface area (Å²) in [7, 11) is 0. The Kier molecular flexibility index (Phi) is 3.32. The van der Waals surface area contributed by atoms with E-state index >= 15 is 0 Å². The lowest BCUT2D eigenvalue weighted by Crippen LogP contribution is -2.21. The maximum atomic E-state index is 12.0. The maximum absolute atomic E-state index is 12.0. The van der Waals surface area contributed by atoms with Crippen LogP contribution in [0.1, 0.15) is 31.1 Å². The molecule has 1 heterocycles. The van der Waals surface area contributed by atoms with Crippen molar-refractivity contribution in [2.75, 3.05) is 6.26 Å². The van der Waals surface area contributed by atoms with Gasteiger partial charge in [0.1, 0.15) is 5.03 Å². The molecule has 14 heavy (non-hydrogen) atoms. The van der Waals surface area contributed by atoms with Gasteiger partial charge in [0, 0.05) is 11.6 Å². The molecule has 1 aromatic rings. The van der Waals surface area contributed by atoms with Gasteiger partial charge in [0.25, 0.3) is 0 Å². The van der Waals surface area contributed by atoms with Gasteiger partial charge in [-0.3, -0.25) is 4.79 Å². The number of nitrogens with zero attached hydrogens (tertiary/aromatic N) is 1. The third-order valence-electron chi connectivity index (χ3n) is 1.89. The van der Waals surface area contributed by atoms with Crippen molar-refractivity contribution in [3.63, 3.8) is 0 Å². The molecule has 3 heteroatoms. The molecule has 0 amide bonds. The first-order valence-electron chi connectivity index (χ1n) is 4.50. The Morgan fingerprint density at radius 2 is 2.07 bits per heavy atom. The molecule has 1 rings (SSSR count). The van der Waals surface area contributed by atoms with Gasteiger partial charge >= 0.3 is 0 Å². The van der Waals surface area contributed by atoms with Crippen molar-refractivity contribution in [3.05, 3.63) is 23.9 Å². The van der Waals surface area contributed by atoms with Crippen LogP contribution < -0.4 is 0 Å². The van der Waals surface area contributed by atoms with E-state index in [0.717, 1.165) is 10.6 Å². The lowest BCUT2D eigenvalue weighted by molar-refractivity contribution is 0.0854. The molecule has 0 radical (unpaired) electrons. The highest BCUT2D eigenvalue weighted by atomic mass is 32.2. The van der Waals surface area contributed by atoms with E-state index in [9.17, 15) is 4.79 Å². The van der Waals surface area contributed by atoms with Crippen molar-refractivity contribution in [1.29, 1.82) is 0 Å². The first kappa shape index (κ1) is 11.2. The quantitative estimate of drug-likeness (QED) is 0.554. The van der Waals surface area contributed by atoms with Gasteiger partial charge in [-0.05, 0) is 18.4 Å². The van der Waals surface area contributed by atoms with Gasteiger partial charge in [-0.1, -0.05) is 20.8 Å². The molecule has 0 fully saturated rings. The molecule has 0 aromatic carbocycles. The molecule has 0 aliphatic rings. The second-order valence-electron chi connectivity index (χ2n) is 4.14. The summed E-state index contributed by atoms with van der Waals surface area (Å²) in [4.78, 5) is 16.2. The minimum Gasteiger partial charge on any atom is -0.293 e. The molecule has 0 N–H and O–H groups in total. The molecular weight excluding hydrogens is 194 g/mol. The van der Waals surface area contributed by atoms with Gasteiger partial charge in [0.05, 0.1) is 5.56 Å². The largest absolute Gasteiger partial charge is 0.293 e. The molecule has 1 aromatic heterocycles. The smallest absolute Gasteiger partial charge is 0.170 e. The zero-order chi connectivity index (χ0) is 10.8. The summed E-state index contributed by atoms with van der Waals surface area (Å²) in [5.41, 5.74) is 0.389. The molecule has 0 bridgehead atoms. The fourth-order valence-electron chi connectivity index (χ4n) is 1.13. The third-order valence-corrected chi connectivity index (χ3v) is 2.60.